The number of carbonyl (C=O) groups is 1. The van der Waals surface area contributed by atoms with Gasteiger partial charge in [0.05, 0.1) is 10.6 Å². The molecule has 0 aromatic heterocycles. The minimum atomic E-state index is 0.0393. The van der Waals surface area contributed by atoms with E-state index in [0.29, 0.717) is 18.4 Å². The van der Waals surface area contributed by atoms with E-state index in [1.165, 1.54) is 22.9 Å². The fourth-order valence-electron chi connectivity index (χ4n) is 2.98. The first-order chi connectivity index (χ1) is 13.3. The second kappa shape index (κ2) is 8.78. The third-order valence-electron chi connectivity index (χ3n) is 4.60. The molecule has 1 fully saturated rings. The van der Waals surface area contributed by atoms with E-state index in [4.69, 9.17) is 4.99 Å². The highest BCUT2D eigenvalue weighted by Gasteiger charge is 2.33. The normalized spacial score (nSPS) is 17.5. The molecule has 3 rings (SSSR count). The van der Waals surface area contributed by atoms with Crippen LogP contribution in [0.5, 0.6) is 0 Å². The standard InChI is InChI=1S/C24H28N2OS/c1-16(2)15-26-23(27)22(14-19-8-10-20(11-9-19)17(3)4)28-24(26)25-21-12-6-18(5)7-13-21/h6-14,16-17H,15H2,1-5H3/b22-14+,25-24?. The third kappa shape index (κ3) is 4.93. The quantitative estimate of drug-likeness (QED) is 0.553. The molecule has 4 heteroatoms. The van der Waals surface area contributed by atoms with Crippen molar-refractivity contribution in [2.45, 2.75) is 40.5 Å². The number of amides is 1. The van der Waals surface area contributed by atoms with Crippen LogP contribution in [-0.2, 0) is 4.79 Å². The van der Waals surface area contributed by atoms with Gasteiger partial charge in [0, 0.05) is 6.54 Å². The fourth-order valence-corrected chi connectivity index (χ4v) is 3.98. The number of thioether (sulfide) groups is 1. The zero-order chi connectivity index (χ0) is 20.3. The van der Waals surface area contributed by atoms with Crippen LogP contribution in [0.4, 0.5) is 5.69 Å². The average Bonchev–Trinajstić information content (AvgIpc) is 2.92. The van der Waals surface area contributed by atoms with Crippen molar-refractivity contribution < 1.29 is 4.79 Å². The first kappa shape index (κ1) is 20.4. The van der Waals surface area contributed by atoms with Crippen molar-refractivity contribution >= 4 is 34.6 Å². The van der Waals surface area contributed by atoms with Crippen LogP contribution in [0, 0.1) is 12.8 Å². The van der Waals surface area contributed by atoms with Crippen LogP contribution in [-0.4, -0.2) is 22.5 Å². The molecule has 1 aliphatic heterocycles. The maximum Gasteiger partial charge on any atom is 0.266 e. The van der Waals surface area contributed by atoms with E-state index in [2.05, 4.69) is 58.9 Å². The summed E-state index contributed by atoms with van der Waals surface area (Å²) in [6.07, 6.45) is 1.97. The predicted octanol–water partition coefficient (Wildman–Crippen LogP) is 6.38. The highest BCUT2D eigenvalue weighted by Crippen LogP contribution is 2.34. The Balaban J connectivity index is 1.91. The van der Waals surface area contributed by atoms with Crippen LogP contribution in [0.15, 0.2) is 58.4 Å². The zero-order valence-electron chi connectivity index (χ0n) is 17.3. The van der Waals surface area contributed by atoms with Gasteiger partial charge < -0.3 is 0 Å². The second-order valence-electron chi connectivity index (χ2n) is 7.97. The van der Waals surface area contributed by atoms with Gasteiger partial charge in [-0.05, 0) is 59.9 Å². The second-order valence-corrected chi connectivity index (χ2v) is 8.98. The molecule has 2 aromatic rings. The van der Waals surface area contributed by atoms with E-state index in [-0.39, 0.29) is 5.91 Å². The Bertz CT molecular complexity index is 893. The smallest absolute Gasteiger partial charge is 0.266 e. The van der Waals surface area contributed by atoms with Gasteiger partial charge in [0.15, 0.2) is 5.17 Å². The summed E-state index contributed by atoms with van der Waals surface area (Å²) in [5, 5.41) is 0.757. The Kier molecular flexibility index (Phi) is 6.40. The van der Waals surface area contributed by atoms with Gasteiger partial charge in [0.25, 0.3) is 5.91 Å². The van der Waals surface area contributed by atoms with Gasteiger partial charge in [-0.15, -0.1) is 0 Å². The number of hydrogen-bond donors (Lipinski definition) is 0. The Morgan fingerprint density at radius 1 is 1.00 bits per heavy atom. The van der Waals surface area contributed by atoms with Crippen LogP contribution >= 0.6 is 11.8 Å². The number of nitrogens with zero attached hydrogens (tertiary/aromatic N) is 2. The number of hydrogen-bond acceptors (Lipinski definition) is 3. The molecule has 0 saturated carbocycles. The summed E-state index contributed by atoms with van der Waals surface area (Å²) in [5.41, 5.74) is 4.41. The van der Waals surface area contributed by atoms with Crippen LogP contribution in [0.1, 0.15) is 50.3 Å². The van der Waals surface area contributed by atoms with Crippen molar-refractivity contribution in [3.05, 3.63) is 70.1 Å². The molecule has 0 atom stereocenters. The summed E-state index contributed by atoms with van der Waals surface area (Å²) in [6, 6.07) is 16.5. The maximum atomic E-state index is 13.0. The molecule has 0 unspecified atom stereocenters. The SMILES string of the molecule is Cc1ccc(N=C2S/C(=C/c3ccc(C(C)C)cc3)C(=O)N2CC(C)C)cc1. The summed E-state index contributed by atoms with van der Waals surface area (Å²) >= 11 is 1.46. The lowest BCUT2D eigenvalue weighted by Gasteiger charge is -2.17. The minimum absolute atomic E-state index is 0.0393. The molecule has 0 radical (unpaired) electrons. The number of amidine groups is 1. The summed E-state index contributed by atoms with van der Waals surface area (Å²) < 4.78 is 0. The van der Waals surface area contributed by atoms with Gasteiger partial charge in [-0.2, -0.15) is 0 Å². The molecule has 3 nitrogen and oxygen atoms in total. The van der Waals surface area contributed by atoms with E-state index in [1.54, 1.807) is 0 Å². The van der Waals surface area contributed by atoms with E-state index in [9.17, 15) is 4.79 Å². The Morgan fingerprint density at radius 2 is 1.64 bits per heavy atom. The number of benzene rings is 2. The molecule has 0 N–H and O–H groups in total. The maximum absolute atomic E-state index is 13.0. The van der Waals surface area contributed by atoms with Gasteiger partial charge >= 0.3 is 0 Å². The van der Waals surface area contributed by atoms with Gasteiger partial charge in [-0.25, -0.2) is 4.99 Å². The molecular weight excluding hydrogens is 364 g/mol. The fraction of sp³-hybridized carbons (Fsp3) is 0.333. The predicted molar refractivity (Wildman–Crippen MR) is 121 cm³/mol. The molecular formula is C24H28N2OS. The van der Waals surface area contributed by atoms with Crippen molar-refractivity contribution in [2.75, 3.05) is 6.54 Å². The van der Waals surface area contributed by atoms with Crippen molar-refractivity contribution in [3.63, 3.8) is 0 Å². The summed E-state index contributed by atoms with van der Waals surface area (Å²) in [4.78, 5) is 20.3. The van der Waals surface area contributed by atoms with Gasteiger partial charge in [0.1, 0.15) is 0 Å². The Hall–Kier alpha value is -2.33. The molecule has 1 amide bonds. The molecule has 1 aliphatic rings. The highest BCUT2D eigenvalue weighted by atomic mass is 32.2. The number of carbonyl (C=O) groups excluding carboxylic acids is 1. The average molecular weight is 393 g/mol. The van der Waals surface area contributed by atoms with Gasteiger partial charge in [-0.1, -0.05) is 69.7 Å². The summed E-state index contributed by atoms with van der Waals surface area (Å²) in [7, 11) is 0. The van der Waals surface area contributed by atoms with E-state index >= 15 is 0 Å². The van der Waals surface area contributed by atoms with Gasteiger partial charge in [-0.3, -0.25) is 9.69 Å². The first-order valence-corrected chi connectivity index (χ1v) is 10.6. The summed E-state index contributed by atoms with van der Waals surface area (Å²) in [6.45, 7) is 11.3. The largest absolute Gasteiger partial charge is 0.286 e. The third-order valence-corrected chi connectivity index (χ3v) is 5.60. The number of aliphatic imine (C=N–C) groups is 1. The minimum Gasteiger partial charge on any atom is -0.286 e. The highest BCUT2D eigenvalue weighted by molar-refractivity contribution is 8.18. The van der Waals surface area contributed by atoms with Gasteiger partial charge in [0.2, 0.25) is 0 Å². The van der Waals surface area contributed by atoms with Crippen LogP contribution in [0.2, 0.25) is 0 Å². The van der Waals surface area contributed by atoms with Crippen LogP contribution in [0.3, 0.4) is 0 Å². The van der Waals surface area contributed by atoms with Crippen LogP contribution in [0.25, 0.3) is 6.08 Å². The molecule has 2 aromatic carbocycles. The molecule has 0 bridgehead atoms. The molecule has 0 spiro atoms. The molecule has 0 aliphatic carbocycles. The molecule has 28 heavy (non-hydrogen) atoms. The van der Waals surface area contributed by atoms with Crippen molar-refractivity contribution in [1.29, 1.82) is 0 Å². The number of aryl methyl sites for hydroxylation is 1. The lowest BCUT2D eigenvalue weighted by Crippen LogP contribution is -2.32. The molecule has 1 heterocycles. The first-order valence-electron chi connectivity index (χ1n) is 9.80. The van der Waals surface area contributed by atoms with Crippen molar-refractivity contribution in [3.8, 4) is 0 Å². The number of rotatable bonds is 5. The van der Waals surface area contributed by atoms with Crippen LogP contribution < -0.4 is 0 Å². The zero-order valence-corrected chi connectivity index (χ0v) is 18.1. The van der Waals surface area contributed by atoms with Crippen molar-refractivity contribution in [1.82, 2.24) is 4.90 Å². The van der Waals surface area contributed by atoms with E-state index in [0.717, 1.165) is 21.3 Å². The van der Waals surface area contributed by atoms with E-state index in [1.807, 2.05) is 35.2 Å². The summed E-state index contributed by atoms with van der Waals surface area (Å²) in [5.74, 6) is 0.911. The molecule has 146 valence electrons. The topological polar surface area (TPSA) is 32.7 Å². The Labute approximate surface area is 172 Å². The lowest BCUT2D eigenvalue weighted by molar-refractivity contribution is -0.122. The Morgan fingerprint density at radius 3 is 2.21 bits per heavy atom. The lowest BCUT2D eigenvalue weighted by atomic mass is 10.0. The van der Waals surface area contributed by atoms with E-state index < -0.39 is 0 Å². The monoisotopic (exact) mass is 392 g/mol. The molecule has 1 saturated heterocycles. The van der Waals surface area contributed by atoms with Crippen molar-refractivity contribution in [2.24, 2.45) is 10.9 Å².